The summed E-state index contributed by atoms with van der Waals surface area (Å²) in [5.41, 5.74) is 5.08. The lowest BCUT2D eigenvalue weighted by molar-refractivity contribution is 1.33. The monoisotopic (exact) mass is 272 g/mol. The van der Waals surface area contributed by atoms with Crippen molar-refractivity contribution in [1.82, 2.24) is 4.98 Å². The Kier molecular flexibility index (Phi) is 3.79. The van der Waals surface area contributed by atoms with E-state index in [0.29, 0.717) is 0 Å². The van der Waals surface area contributed by atoms with Gasteiger partial charge in [0, 0.05) is 23.1 Å². The van der Waals surface area contributed by atoms with Gasteiger partial charge in [-0.3, -0.25) is 4.98 Å². The van der Waals surface area contributed by atoms with Crippen molar-refractivity contribution < 1.29 is 0 Å². The minimum Gasteiger partial charge on any atom is -0.356 e. The molecule has 2 heteroatoms. The van der Waals surface area contributed by atoms with E-state index in [1.807, 2.05) is 60.7 Å². The Balaban J connectivity index is 1.75. The number of nitrogens with zero attached hydrogens (tertiary/aromatic N) is 1. The molecule has 1 heterocycles. The summed E-state index contributed by atoms with van der Waals surface area (Å²) in [6.45, 7) is 4.08. The van der Waals surface area contributed by atoms with Crippen LogP contribution in [0.5, 0.6) is 0 Å². The highest BCUT2D eigenvalue weighted by Crippen LogP contribution is 2.21. The quantitative estimate of drug-likeness (QED) is 0.735. The Morgan fingerprint density at radius 2 is 1.52 bits per heavy atom. The third-order valence-electron chi connectivity index (χ3n) is 3.26. The highest BCUT2D eigenvalue weighted by molar-refractivity contribution is 5.76. The van der Waals surface area contributed by atoms with E-state index < -0.39 is 0 Å². The van der Waals surface area contributed by atoms with Crippen molar-refractivity contribution in [2.24, 2.45) is 0 Å². The molecule has 0 bridgehead atoms. The van der Waals surface area contributed by atoms with E-state index in [1.165, 1.54) is 0 Å². The van der Waals surface area contributed by atoms with Crippen LogP contribution in [0.2, 0.25) is 0 Å². The molecule has 0 aliphatic carbocycles. The number of benzene rings is 2. The zero-order valence-corrected chi connectivity index (χ0v) is 11.7. The maximum atomic E-state index is 4.35. The standard InChI is InChI=1S/C19H16N2/c1-15(16-7-3-2-4-8-16)21-18-12-10-17(11-13-18)19-9-5-6-14-20-19/h2-14,21H,1H2. The topological polar surface area (TPSA) is 24.9 Å². The summed E-state index contributed by atoms with van der Waals surface area (Å²) >= 11 is 0. The van der Waals surface area contributed by atoms with E-state index in [1.54, 1.807) is 6.20 Å². The predicted octanol–water partition coefficient (Wildman–Crippen LogP) is 4.83. The Morgan fingerprint density at radius 3 is 2.19 bits per heavy atom. The number of hydrogen-bond acceptors (Lipinski definition) is 2. The molecule has 0 aliphatic heterocycles. The van der Waals surface area contributed by atoms with Gasteiger partial charge in [0.25, 0.3) is 0 Å². The zero-order valence-electron chi connectivity index (χ0n) is 11.7. The molecule has 3 rings (SSSR count). The van der Waals surface area contributed by atoms with E-state index >= 15 is 0 Å². The lowest BCUT2D eigenvalue weighted by atomic mass is 10.1. The fourth-order valence-corrected chi connectivity index (χ4v) is 2.14. The van der Waals surface area contributed by atoms with Crippen LogP contribution >= 0.6 is 0 Å². The molecule has 3 aromatic rings. The summed E-state index contributed by atoms with van der Waals surface area (Å²) < 4.78 is 0. The lowest BCUT2D eigenvalue weighted by Crippen LogP contribution is -1.96. The van der Waals surface area contributed by atoms with E-state index in [9.17, 15) is 0 Å². The van der Waals surface area contributed by atoms with Crippen LogP contribution in [-0.4, -0.2) is 4.98 Å². The van der Waals surface area contributed by atoms with Gasteiger partial charge < -0.3 is 5.32 Å². The molecular weight excluding hydrogens is 256 g/mol. The van der Waals surface area contributed by atoms with Gasteiger partial charge >= 0.3 is 0 Å². The van der Waals surface area contributed by atoms with Crippen LogP contribution < -0.4 is 5.32 Å². The second-order valence-electron chi connectivity index (χ2n) is 4.76. The van der Waals surface area contributed by atoms with Gasteiger partial charge in [-0.1, -0.05) is 55.1 Å². The van der Waals surface area contributed by atoms with Crippen molar-refractivity contribution in [3.05, 3.63) is 91.1 Å². The molecular formula is C19H16N2. The number of aromatic nitrogens is 1. The van der Waals surface area contributed by atoms with Crippen molar-refractivity contribution in [3.8, 4) is 11.3 Å². The van der Waals surface area contributed by atoms with Gasteiger partial charge in [0.1, 0.15) is 0 Å². The fraction of sp³-hybridized carbons (Fsp3) is 0. The van der Waals surface area contributed by atoms with Crippen LogP contribution in [0.15, 0.2) is 85.6 Å². The summed E-state index contributed by atoms with van der Waals surface area (Å²) in [5, 5.41) is 3.32. The van der Waals surface area contributed by atoms with Gasteiger partial charge in [0.2, 0.25) is 0 Å². The van der Waals surface area contributed by atoms with Crippen LogP contribution in [0.3, 0.4) is 0 Å². The van der Waals surface area contributed by atoms with Crippen LogP contribution in [0, 0.1) is 0 Å². The summed E-state index contributed by atoms with van der Waals surface area (Å²) in [5.74, 6) is 0. The van der Waals surface area contributed by atoms with Crippen LogP contribution in [0.25, 0.3) is 17.0 Å². The molecule has 0 amide bonds. The largest absolute Gasteiger partial charge is 0.356 e. The maximum Gasteiger partial charge on any atom is 0.0701 e. The highest BCUT2D eigenvalue weighted by atomic mass is 14.9. The summed E-state index contributed by atoms with van der Waals surface area (Å²) in [4.78, 5) is 4.35. The Bertz CT molecular complexity index is 717. The maximum absolute atomic E-state index is 4.35. The number of rotatable bonds is 4. The molecule has 1 N–H and O–H groups in total. The lowest BCUT2D eigenvalue weighted by Gasteiger charge is -2.10. The number of pyridine rings is 1. The minimum atomic E-state index is 0.890. The van der Waals surface area contributed by atoms with E-state index in [2.05, 4.69) is 29.0 Å². The molecule has 2 aromatic carbocycles. The smallest absolute Gasteiger partial charge is 0.0701 e. The van der Waals surface area contributed by atoms with Crippen molar-refractivity contribution >= 4 is 11.4 Å². The molecule has 2 nitrogen and oxygen atoms in total. The van der Waals surface area contributed by atoms with Gasteiger partial charge in [-0.25, -0.2) is 0 Å². The molecule has 0 atom stereocenters. The molecule has 1 aromatic heterocycles. The first kappa shape index (κ1) is 13.1. The first-order valence-corrected chi connectivity index (χ1v) is 6.86. The Labute approximate surface area is 124 Å². The average Bonchev–Trinajstić information content (AvgIpc) is 2.57. The van der Waals surface area contributed by atoms with Gasteiger partial charge in [-0.15, -0.1) is 0 Å². The van der Waals surface area contributed by atoms with Gasteiger partial charge in [-0.05, 0) is 29.8 Å². The van der Waals surface area contributed by atoms with E-state index in [4.69, 9.17) is 0 Å². The van der Waals surface area contributed by atoms with Crippen molar-refractivity contribution in [3.63, 3.8) is 0 Å². The Morgan fingerprint density at radius 1 is 0.810 bits per heavy atom. The summed E-state index contributed by atoms with van der Waals surface area (Å²) in [6.07, 6.45) is 1.80. The molecule has 0 aliphatic rings. The first-order chi connectivity index (χ1) is 10.3. The van der Waals surface area contributed by atoms with E-state index in [0.717, 1.165) is 28.2 Å². The zero-order chi connectivity index (χ0) is 14.5. The van der Waals surface area contributed by atoms with Crippen LogP contribution in [-0.2, 0) is 0 Å². The second kappa shape index (κ2) is 6.06. The van der Waals surface area contributed by atoms with Crippen molar-refractivity contribution in [2.45, 2.75) is 0 Å². The number of hydrogen-bond donors (Lipinski definition) is 1. The number of anilines is 1. The number of nitrogens with one attached hydrogen (secondary N) is 1. The summed E-state index contributed by atoms with van der Waals surface area (Å²) in [7, 11) is 0. The third-order valence-corrected chi connectivity index (χ3v) is 3.26. The van der Waals surface area contributed by atoms with Crippen LogP contribution in [0.4, 0.5) is 5.69 Å². The summed E-state index contributed by atoms with van der Waals surface area (Å²) in [6, 6.07) is 24.2. The van der Waals surface area contributed by atoms with Crippen molar-refractivity contribution in [1.29, 1.82) is 0 Å². The van der Waals surface area contributed by atoms with Crippen LogP contribution in [0.1, 0.15) is 5.56 Å². The molecule has 0 radical (unpaired) electrons. The molecule has 21 heavy (non-hydrogen) atoms. The van der Waals surface area contributed by atoms with Gasteiger partial charge in [0.15, 0.2) is 0 Å². The highest BCUT2D eigenvalue weighted by Gasteiger charge is 2.01. The fourth-order valence-electron chi connectivity index (χ4n) is 2.14. The third kappa shape index (κ3) is 3.18. The molecule has 0 saturated heterocycles. The molecule has 102 valence electrons. The molecule has 0 spiro atoms. The van der Waals surface area contributed by atoms with Gasteiger partial charge in [-0.2, -0.15) is 0 Å². The van der Waals surface area contributed by atoms with Gasteiger partial charge in [0.05, 0.1) is 5.69 Å². The Hall–Kier alpha value is -2.87. The molecule has 0 unspecified atom stereocenters. The van der Waals surface area contributed by atoms with Crippen molar-refractivity contribution in [2.75, 3.05) is 5.32 Å². The first-order valence-electron chi connectivity index (χ1n) is 6.86. The average molecular weight is 272 g/mol. The van der Waals surface area contributed by atoms with E-state index in [-0.39, 0.29) is 0 Å². The second-order valence-corrected chi connectivity index (χ2v) is 4.76. The minimum absolute atomic E-state index is 0.890. The molecule has 0 fully saturated rings. The normalized spacial score (nSPS) is 10.1. The molecule has 0 saturated carbocycles. The SMILES string of the molecule is C=C(Nc1ccc(-c2ccccn2)cc1)c1ccccc1. The predicted molar refractivity (Wildman–Crippen MR) is 88.8 cm³/mol.